The fraction of sp³-hybridized carbons (Fsp3) is 0.750. The molecule has 0 aromatic carbocycles. The third-order valence-electron chi connectivity index (χ3n) is 3.12. The fourth-order valence-corrected chi connectivity index (χ4v) is 1.69. The van der Waals surface area contributed by atoms with Crippen LogP contribution in [-0.4, -0.2) is 49.2 Å². The summed E-state index contributed by atoms with van der Waals surface area (Å²) in [5.41, 5.74) is 2.74. The van der Waals surface area contributed by atoms with Crippen LogP contribution in [0.15, 0.2) is 5.10 Å². The van der Waals surface area contributed by atoms with E-state index in [1.165, 1.54) is 12.8 Å². The number of nitrogens with one attached hydrogen (secondary N) is 1. The maximum Gasteiger partial charge on any atom is 0.269 e. The molecule has 0 atom stereocenters. The summed E-state index contributed by atoms with van der Waals surface area (Å²) in [6.07, 6.45) is 3.28. The van der Waals surface area contributed by atoms with Crippen molar-refractivity contribution in [3.63, 3.8) is 0 Å². The van der Waals surface area contributed by atoms with Crippen molar-refractivity contribution in [1.29, 1.82) is 0 Å². The summed E-state index contributed by atoms with van der Waals surface area (Å²) in [5, 5.41) is 3.78. The summed E-state index contributed by atoms with van der Waals surface area (Å²) in [6.45, 7) is 1.91. The Morgan fingerprint density at radius 1 is 1.50 bits per heavy atom. The smallest absolute Gasteiger partial charge is 0.269 e. The van der Waals surface area contributed by atoms with E-state index in [4.69, 9.17) is 4.74 Å². The number of carbonyl (C=O) groups excluding carboxylic acids is 2. The van der Waals surface area contributed by atoms with E-state index in [-0.39, 0.29) is 11.8 Å². The molecule has 0 aromatic heterocycles. The van der Waals surface area contributed by atoms with E-state index in [9.17, 15) is 9.59 Å². The third-order valence-corrected chi connectivity index (χ3v) is 3.12. The quantitative estimate of drug-likeness (QED) is 0.684. The molecule has 100 valence electrons. The molecule has 2 aliphatic rings. The topological polar surface area (TPSA) is 71.0 Å². The van der Waals surface area contributed by atoms with Crippen LogP contribution in [0.5, 0.6) is 0 Å². The highest BCUT2D eigenvalue weighted by Gasteiger charge is 2.22. The number of nitrogens with zero attached hydrogens (tertiary/aromatic N) is 2. The predicted molar refractivity (Wildman–Crippen MR) is 66.0 cm³/mol. The van der Waals surface area contributed by atoms with Crippen LogP contribution in [0.1, 0.15) is 25.7 Å². The van der Waals surface area contributed by atoms with Crippen LogP contribution in [0.25, 0.3) is 0 Å². The first kappa shape index (κ1) is 13.0. The van der Waals surface area contributed by atoms with E-state index >= 15 is 0 Å². The predicted octanol–water partition coefficient (Wildman–Crippen LogP) is 0.137. The van der Waals surface area contributed by atoms with E-state index < -0.39 is 0 Å². The summed E-state index contributed by atoms with van der Waals surface area (Å²) < 4.78 is 5.48. The third kappa shape index (κ3) is 3.80. The maximum absolute atomic E-state index is 11.9. The summed E-state index contributed by atoms with van der Waals surface area (Å²) in [4.78, 5) is 24.4. The normalized spacial score (nSPS) is 19.2. The largest absolute Gasteiger partial charge is 0.379 e. The molecule has 0 aromatic rings. The molecule has 0 spiro atoms. The molecule has 6 nitrogen and oxygen atoms in total. The number of likely N-dealkylation sites (N-methyl/N-ethyl adjacent to an activating group) is 1. The lowest BCUT2D eigenvalue weighted by molar-refractivity contribution is -0.124. The Morgan fingerprint density at radius 3 is 2.89 bits per heavy atom. The van der Waals surface area contributed by atoms with Crippen LogP contribution in [-0.2, 0) is 14.3 Å². The molecule has 1 heterocycles. The van der Waals surface area contributed by atoms with Gasteiger partial charge in [0.05, 0.1) is 6.61 Å². The van der Waals surface area contributed by atoms with Gasteiger partial charge >= 0.3 is 0 Å². The lowest BCUT2D eigenvalue weighted by atomic mass is 10.1. The van der Waals surface area contributed by atoms with Gasteiger partial charge in [-0.15, -0.1) is 0 Å². The summed E-state index contributed by atoms with van der Waals surface area (Å²) >= 11 is 0. The molecular formula is C12H19N3O3. The second-order valence-corrected chi connectivity index (χ2v) is 4.84. The van der Waals surface area contributed by atoms with Crippen molar-refractivity contribution >= 4 is 17.5 Å². The van der Waals surface area contributed by atoms with Gasteiger partial charge in [-0.05, 0) is 18.8 Å². The lowest BCUT2D eigenvalue weighted by Gasteiger charge is -2.19. The van der Waals surface area contributed by atoms with Gasteiger partial charge in [-0.3, -0.25) is 9.59 Å². The Kier molecular flexibility index (Phi) is 4.30. The number of hydrogen-bond acceptors (Lipinski definition) is 4. The van der Waals surface area contributed by atoms with Crippen LogP contribution in [0, 0.1) is 5.92 Å². The van der Waals surface area contributed by atoms with Gasteiger partial charge in [0.1, 0.15) is 5.71 Å². The molecule has 18 heavy (non-hydrogen) atoms. The zero-order valence-electron chi connectivity index (χ0n) is 10.6. The highest BCUT2D eigenvalue weighted by Crippen LogP contribution is 2.28. The van der Waals surface area contributed by atoms with Gasteiger partial charge in [0.15, 0.2) is 0 Å². The zero-order chi connectivity index (χ0) is 13.0. The molecule has 1 N–H and O–H groups in total. The average Bonchev–Trinajstić information content (AvgIpc) is 3.18. The molecule has 0 saturated heterocycles. The van der Waals surface area contributed by atoms with Crippen LogP contribution in [0.3, 0.4) is 0 Å². The highest BCUT2D eigenvalue weighted by atomic mass is 16.5. The second kappa shape index (κ2) is 5.95. The minimum Gasteiger partial charge on any atom is -0.379 e. The molecule has 2 amide bonds. The van der Waals surface area contributed by atoms with E-state index in [0.29, 0.717) is 31.7 Å². The van der Waals surface area contributed by atoms with Crippen molar-refractivity contribution in [3.8, 4) is 0 Å². The van der Waals surface area contributed by atoms with Gasteiger partial charge in [-0.1, -0.05) is 0 Å². The molecule has 1 fully saturated rings. The SMILES string of the molecule is CN(CCOCC1CC1)C(=O)C1=NNC(=O)CC1. The van der Waals surface area contributed by atoms with E-state index in [0.717, 1.165) is 12.5 Å². The Balaban J connectivity index is 1.68. The van der Waals surface area contributed by atoms with Crippen LogP contribution in [0.2, 0.25) is 0 Å². The number of hydrazone groups is 1. The lowest BCUT2D eigenvalue weighted by Crippen LogP contribution is -2.39. The maximum atomic E-state index is 11.9. The summed E-state index contributed by atoms with van der Waals surface area (Å²) in [7, 11) is 1.72. The van der Waals surface area contributed by atoms with Crippen LogP contribution < -0.4 is 5.43 Å². The molecule has 0 bridgehead atoms. The molecule has 2 rings (SSSR count). The van der Waals surface area contributed by atoms with Crippen LogP contribution in [0.4, 0.5) is 0 Å². The number of amides is 2. The van der Waals surface area contributed by atoms with Crippen molar-refractivity contribution in [2.24, 2.45) is 11.0 Å². The zero-order valence-corrected chi connectivity index (χ0v) is 10.6. The first-order valence-corrected chi connectivity index (χ1v) is 6.35. The van der Waals surface area contributed by atoms with Gasteiger partial charge in [-0.2, -0.15) is 5.10 Å². The van der Waals surface area contributed by atoms with E-state index in [2.05, 4.69) is 10.5 Å². The van der Waals surface area contributed by atoms with Gasteiger partial charge in [0, 0.05) is 33.0 Å². The van der Waals surface area contributed by atoms with Gasteiger partial charge < -0.3 is 9.64 Å². The Bertz CT molecular complexity index is 364. The monoisotopic (exact) mass is 253 g/mol. The van der Waals surface area contributed by atoms with Crippen molar-refractivity contribution < 1.29 is 14.3 Å². The Hall–Kier alpha value is -1.43. The van der Waals surface area contributed by atoms with Gasteiger partial charge in [0.2, 0.25) is 5.91 Å². The molecule has 1 aliphatic carbocycles. The van der Waals surface area contributed by atoms with E-state index in [1.807, 2.05) is 0 Å². The Labute approximate surface area is 106 Å². The van der Waals surface area contributed by atoms with Gasteiger partial charge in [-0.25, -0.2) is 5.43 Å². The molecule has 6 heteroatoms. The number of rotatable bonds is 6. The number of hydrogen-bond donors (Lipinski definition) is 1. The fourth-order valence-electron chi connectivity index (χ4n) is 1.69. The second-order valence-electron chi connectivity index (χ2n) is 4.84. The minimum absolute atomic E-state index is 0.134. The van der Waals surface area contributed by atoms with Crippen molar-refractivity contribution in [3.05, 3.63) is 0 Å². The molecular weight excluding hydrogens is 234 g/mol. The Morgan fingerprint density at radius 2 is 2.28 bits per heavy atom. The molecule has 1 aliphatic heterocycles. The summed E-state index contributed by atoms with van der Waals surface area (Å²) in [5.74, 6) is 0.468. The number of ether oxygens (including phenoxy) is 1. The van der Waals surface area contributed by atoms with Crippen molar-refractivity contribution in [2.45, 2.75) is 25.7 Å². The number of carbonyl (C=O) groups is 2. The first-order chi connectivity index (χ1) is 8.66. The van der Waals surface area contributed by atoms with Crippen molar-refractivity contribution in [1.82, 2.24) is 10.3 Å². The standard InChI is InChI=1S/C12H19N3O3/c1-15(6-7-18-8-9-2-3-9)12(17)10-4-5-11(16)14-13-10/h9H,2-8H2,1H3,(H,14,16). The minimum atomic E-state index is -0.137. The average molecular weight is 253 g/mol. The summed E-state index contributed by atoms with van der Waals surface area (Å²) in [6, 6.07) is 0. The van der Waals surface area contributed by atoms with Crippen molar-refractivity contribution in [2.75, 3.05) is 26.8 Å². The molecule has 1 saturated carbocycles. The molecule has 0 unspecified atom stereocenters. The highest BCUT2D eigenvalue weighted by molar-refractivity contribution is 6.39. The molecule has 0 radical (unpaired) electrons. The van der Waals surface area contributed by atoms with E-state index in [1.54, 1.807) is 11.9 Å². The van der Waals surface area contributed by atoms with Gasteiger partial charge in [0.25, 0.3) is 5.91 Å². The van der Waals surface area contributed by atoms with Crippen LogP contribution >= 0.6 is 0 Å². The first-order valence-electron chi connectivity index (χ1n) is 6.35.